The molecule has 0 aliphatic carbocycles. The Labute approximate surface area is 192 Å². The topological polar surface area (TPSA) is 78.5 Å². The molecule has 1 aromatic carbocycles. The predicted molar refractivity (Wildman–Crippen MR) is 126 cm³/mol. The summed E-state index contributed by atoms with van der Waals surface area (Å²) in [7, 11) is 0. The summed E-state index contributed by atoms with van der Waals surface area (Å²) in [5.74, 6) is -0.678. The maximum absolute atomic E-state index is 12.8. The van der Waals surface area contributed by atoms with Gasteiger partial charge in [-0.3, -0.25) is 14.4 Å². The number of nitrogens with one attached hydrogen (secondary N) is 2. The van der Waals surface area contributed by atoms with E-state index in [0.717, 1.165) is 30.9 Å². The number of hydrogen-bond acceptors (Lipinski definition) is 5. The quantitative estimate of drug-likeness (QED) is 0.494. The van der Waals surface area contributed by atoms with Gasteiger partial charge in [-0.25, -0.2) is 0 Å². The van der Waals surface area contributed by atoms with Crippen LogP contribution in [0.15, 0.2) is 36.4 Å². The van der Waals surface area contributed by atoms with Crippen molar-refractivity contribution < 1.29 is 14.4 Å². The lowest BCUT2D eigenvalue weighted by molar-refractivity contribution is -0.126. The highest BCUT2D eigenvalue weighted by atomic mass is 35.5. The number of halogens is 1. The van der Waals surface area contributed by atoms with Gasteiger partial charge in [-0.05, 0) is 49.6 Å². The van der Waals surface area contributed by atoms with Crippen LogP contribution in [-0.2, 0) is 9.59 Å². The number of anilines is 2. The molecule has 8 heteroatoms. The van der Waals surface area contributed by atoms with E-state index in [9.17, 15) is 14.4 Å². The van der Waals surface area contributed by atoms with Crippen molar-refractivity contribution in [2.45, 2.75) is 51.5 Å². The van der Waals surface area contributed by atoms with Crippen LogP contribution in [-0.4, -0.2) is 36.7 Å². The zero-order valence-electron chi connectivity index (χ0n) is 17.7. The fourth-order valence-corrected chi connectivity index (χ4v) is 4.63. The molecule has 0 spiro atoms. The van der Waals surface area contributed by atoms with Crippen molar-refractivity contribution in [1.82, 2.24) is 5.32 Å². The summed E-state index contributed by atoms with van der Waals surface area (Å²) in [5.41, 5.74) is 1.81. The van der Waals surface area contributed by atoms with Gasteiger partial charge in [0.25, 0.3) is 0 Å². The summed E-state index contributed by atoms with van der Waals surface area (Å²) in [6.07, 6.45) is 3.76. The van der Waals surface area contributed by atoms with Gasteiger partial charge in [0.1, 0.15) is 6.04 Å². The molecule has 6 nitrogen and oxygen atoms in total. The Kier molecular flexibility index (Phi) is 8.49. The van der Waals surface area contributed by atoms with Crippen LogP contribution in [0.3, 0.4) is 0 Å². The number of nitrogens with zero attached hydrogens (tertiary/aromatic N) is 1. The summed E-state index contributed by atoms with van der Waals surface area (Å²) in [6.45, 7) is 4.02. The largest absolute Gasteiger partial charge is 0.371 e. The highest BCUT2D eigenvalue weighted by molar-refractivity contribution is 7.18. The first-order valence-electron chi connectivity index (χ1n) is 10.7. The Hall–Kier alpha value is -2.38. The second-order valence-corrected chi connectivity index (χ2v) is 9.38. The van der Waals surface area contributed by atoms with E-state index in [1.807, 2.05) is 31.2 Å². The zero-order chi connectivity index (χ0) is 22.2. The van der Waals surface area contributed by atoms with Gasteiger partial charge in [-0.2, -0.15) is 0 Å². The lowest BCUT2D eigenvalue weighted by atomic mass is 10.1. The average molecular weight is 462 g/mol. The number of benzene rings is 1. The Bertz CT molecular complexity index is 924. The third kappa shape index (κ3) is 6.80. The van der Waals surface area contributed by atoms with E-state index < -0.39 is 6.04 Å². The molecule has 2 aromatic rings. The van der Waals surface area contributed by atoms with E-state index in [2.05, 4.69) is 15.5 Å². The van der Waals surface area contributed by atoms with Crippen LogP contribution in [0.5, 0.6) is 0 Å². The number of hydrogen-bond donors (Lipinski definition) is 2. The Balaban J connectivity index is 1.54. The Morgan fingerprint density at radius 2 is 1.90 bits per heavy atom. The number of Topliss-reactive ketones (excluding diaryl/α,β-unsaturated/α-hetero) is 1. The number of ketones is 1. The van der Waals surface area contributed by atoms with Crippen LogP contribution in [0.25, 0.3) is 0 Å². The molecule has 1 aliphatic rings. The third-order valence-electron chi connectivity index (χ3n) is 5.24. The number of amides is 2. The molecule has 0 saturated carbocycles. The van der Waals surface area contributed by atoms with E-state index >= 15 is 0 Å². The van der Waals surface area contributed by atoms with Crippen molar-refractivity contribution in [3.05, 3.63) is 45.6 Å². The van der Waals surface area contributed by atoms with E-state index in [4.69, 9.17) is 11.6 Å². The smallest absolute Gasteiger partial charge is 0.246 e. The fraction of sp³-hybridized carbons (Fsp3) is 0.435. The first kappa shape index (κ1) is 23.3. The van der Waals surface area contributed by atoms with Crippen molar-refractivity contribution in [1.29, 1.82) is 0 Å². The molecule has 1 fully saturated rings. The van der Waals surface area contributed by atoms with E-state index in [1.54, 1.807) is 12.1 Å². The summed E-state index contributed by atoms with van der Waals surface area (Å²) >= 11 is 7.06. The molecule has 166 valence electrons. The van der Waals surface area contributed by atoms with Crippen molar-refractivity contribution in [2.24, 2.45) is 0 Å². The minimum atomic E-state index is -0.640. The molecule has 1 atom stereocenters. The summed E-state index contributed by atoms with van der Waals surface area (Å²) in [6, 6.07) is 10.5. The third-order valence-corrected chi connectivity index (χ3v) is 6.51. The average Bonchev–Trinajstić information content (AvgIpc) is 3.44. The fourth-order valence-electron chi connectivity index (χ4n) is 3.62. The second-order valence-electron chi connectivity index (χ2n) is 7.67. The van der Waals surface area contributed by atoms with Crippen LogP contribution in [0.2, 0.25) is 4.34 Å². The number of carbonyl (C=O) groups excluding carboxylic acids is 3. The summed E-state index contributed by atoms with van der Waals surface area (Å²) < 4.78 is 0.543. The summed E-state index contributed by atoms with van der Waals surface area (Å²) in [5, 5.41) is 5.71. The van der Waals surface area contributed by atoms with Crippen LogP contribution < -0.4 is 15.5 Å². The van der Waals surface area contributed by atoms with Crippen molar-refractivity contribution in [3.8, 4) is 0 Å². The molecule has 2 heterocycles. The minimum absolute atomic E-state index is 0.0340. The maximum atomic E-state index is 12.8. The molecule has 3 rings (SSSR count). The molecule has 1 saturated heterocycles. The molecule has 31 heavy (non-hydrogen) atoms. The number of carbonyl (C=O) groups is 3. The number of thiophene rings is 1. The van der Waals surface area contributed by atoms with Gasteiger partial charge >= 0.3 is 0 Å². The lowest BCUT2D eigenvalue weighted by Gasteiger charge is -2.20. The summed E-state index contributed by atoms with van der Waals surface area (Å²) in [4.78, 5) is 40.2. The SMILES string of the molecule is CCCC(NC(=O)CCC(=O)c1ccc(Cl)s1)C(=O)Nc1cccc(N2CCCC2)c1. The van der Waals surface area contributed by atoms with Crippen molar-refractivity contribution in [2.75, 3.05) is 23.3 Å². The lowest BCUT2D eigenvalue weighted by Crippen LogP contribution is -2.43. The monoisotopic (exact) mass is 461 g/mol. The van der Waals surface area contributed by atoms with E-state index in [1.165, 1.54) is 24.2 Å². The zero-order valence-corrected chi connectivity index (χ0v) is 19.2. The molecule has 2 N–H and O–H groups in total. The van der Waals surface area contributed by atoms with Gasteiger partial charge in [-0.15, -0.1) is 11.3 Å². The Morgan fingerprint density at radius 3 is 2.58 bits per heavy atom. The van der Waals surface area contributed by atoms with E-state index in [-0.39, 0.29) is 30.4 Å². The molecule has 1 aliphatic heterocycles. The first-order chi connectivity index (χ1) is 15.0. The highest BCUT2D eigenvalue weighted by Crippen LogP contribution is 2.24. The molecule has 0 radical (unpaired) electrons. The normalized spacial score (nSPS) is 14.3. The first-order valence-corrected chi connectivity index (χ1v) is 11.9. The van der Waals surface area contributed by atoms with E-state index in [0.29, 0.717) is 15.6 Å². The number of rotatable bonds is 10. The van der Waals surface area contributed by atoms with Gasteiger partial charge in [0.15, 0.2) is 5.78 Å². The van der Waals surface area contributed by atoms with Crippen LogP contribution in [0.1, 0.15) is 55.1 Å². The molecular weight excluding hydrogens is 434 g/mol. The maximum Gasteiger partial charge on any atom is 0.246 e. The molecular formula is C23H28ClN3O3S. The van der Waals surface area contributed by atoms with Gasteiger partial charge in [0, 0.05) is 37.3 Å². The van der Waals surface area contributed by atoms with Gasteiger partial charge in [0.05, 0.1) is 9.21 Å². The minimum Gasteiger partial charge on any atom is -0.371 e. The van der Waals surface area contributed by atoms with Crippen molar-refractivity contribution in [3.63, 3.8) is 0 Å². The molecule has 1 aromatic heterocycles. The standard InChI is InChI=1S/C23H28ClN3O3S/c1-2-6-18(26-22(29)12-9-19(28)20-10-11-21(24)31-20)23(30)25-16-7-5-8-17(15-16)27-13-3-4-14-27/h5,7-8,10-11,15,18H,2-4,6,9,12-14H2,1H3,(H,25,30)(H,26,29). The molecule has 0 bridgehead atoms. The van der Waals surface area contributed by atoms with Crippen LogP contribution in [0, 0.1) is 0 Å². The van der Waals surface area contributed by atoms with Gasteiger partial charge in [-0.1, -0.05) is 31.0 Å². The highest BCUT2D eigenvalue weighted by Gasteiger charge is 2.21. The van der Waals surface area contributed by atoms with Crippen molar-refractivity contribution >= 4 is 51.9 Å². The second kappa shape index (κ2) is 11.3. The Morgan fingerprint density at radius 1 is 1.13 bits per heavy atom. The predicted octanol–water partition coefficient (Wildman–Crippen LogP) is 4.89. The van der Waals surface area contributed by atoms with Crippen LogP contribution in [0.4, 0.5) is 11.4 Å². The van der Waals surface area contributed by atoms with Gasteiger partial charge in [0.2, 0.25) is 11.8 Å². The van der Waals surface area contributed by atoms with Crippen LogP contribution >= 0.6 is 22.9 Å². The van der Waals surface area contributed by atoms with Gasteiger partial charge < -0.3 is 15.5 Å². The molecule has 1 unspecified atom stereocenters. The molecule has 2 amide bonds.